The quantitative estimate of drug-likeness (QED) is 0.756. The van der Waals surface area contributed by atoms with Crippen LogP contribution in [0.2, 0.25) is 5.15 Å². The van der Waals surface area contributed by atoms with Gasteiger partial charge in [0.25, 0.3) is 0 Å². The van der Waals surface area contributed by atoms with Crippen molar-refractivity contribution < 1.29 is 27.8 Å². The molecule has 25 heavy (non-hydrogen) atoms. The Kier molecular flexibility index (Phi) is 7.47. The van der Waals surface area contributed by atoms with Crippen molar-refractivity contribution in [1.29, 1.82) is 0 Å². The second kappa shape index (κ2) is 8.89. The van der Waals surface area contributed by atoms with Gasteiger partial charge in [-0.05, 0) is 33.8 Å². The van der Waals surface area contributed by atoms with Gasteiger partial charge in [-0.15, -0.1) is 10.2 Å². The summed E-state index contributed by atoms with van der Waals surface area (Å²) in [6.07, 6.45) is -4.37. The number of hydrogen-bond acceptors (Lipinski definition) is 6. The van der Waals surface area contributed by atoms with Crippen molar-refractivity contribution in [2.45, 2.75) is 52.1 Å². The van der Waals surface area contributed by atoms with Crippen LogP contribution in [0, 0.1) is 0 Å². The average Bonchev–Trinajstić information content (AvgIpc) is 2.45. The molecule has 0 saturated carbocycles. The molecular weight excluding hydrogens is 360 g/mol. The first-order chi connectivity index (χ1) is 11.5. The smallest absolute Gasteiger partial charge is 0.413 e. The van der Waals surface area contributed by atoms with Gasteiger partial charge in [-0.2, -0.15) is 0 Å². The summed E-state index contributed by atoms with van der Waals surface area (Å²) in [6.45, 7) is 6.60. The Bertz CT molecular complexity index is 623. The number of anilines is 1. The molecule has 1 atom stereocenters. The lowest BCUT2D eigenvalue weighted by Crippen LogP contribution is -2.27. The number of aromatic nitrogens is 2. The Morgan fingerprint density at radius 1 is 1.32 bits per heavy atom. The van der Waals surface area contributed by atoms with Crippen LogP contribution in [0.5, 0.6) is 0 Å². The predicted molar refractivity (Wildman–Crippen MR) is 86.9 cm³/mol. The first kappa shape index (κ1) is 21.0. The maximum absolute atomic E-state index is 12.8. The molecule has 1 aromatic heterocycles. The molecule has 1 amide bonds. The number of hydrogen-bond donors (Lipinski definition) is 1. The zero-order chi connectivity index (χ0) is 19.2. The number of alkyl halides is 2. The fourth-order valence-corrected chi connectivity index (χ4v) is 2.10. The number of nitrogens with zero attached hydrogens (tertiary/aromatic N) is 2. The molecular formula is C15H20ClF2N3O4. The van der Waals surface area contributed by atoms with Crippen molar-refractivity contribution in [3.63, 3.8) is 0 Å². The molecule has 0 spiro atoms. The third kappa shape index (κ3) is 7.16. The lowest BCUT2D eigenvalue weighted by atomic mass is 9.97. The van der Waals surface area contributed by atoms with Crippen LogP contribution >= 0.6 is 11.6 Å². The van der Waals surface area contributed by atoms with Crippen molar-refractivity contribution >= 4 is 29.5 Å². The summed E-state index contributed by atoms with van der Waals surface area (Å²) >= 11 is 5.89. The highest BCUT2D eigenvalue weighted by atomic mass is 35.5. The summed E-state index contributed by atoms with van der Waals surface area (Å²) < 4.78 is 35.5. The zero-order valence-electron chi connectivity index (χ0n) is 14.3. The lowest BCUT2D eigenvalue weighted by molar-refractivity contribution is -0.146. The third-order valence-corrected chi connectivity index (χ3v) is 3.06. The number of carbonyl (C=O) groups is 2. The van der Waals surface area contributed by atoms with Gasteiger partial charge in [-0.1, -0.05) is 11.6 Å². The van der Waals surface area contributed by atoms with Gasteiger partial charge in [-0.3, -0.25) is 10.1 Å². The number of nitrogens with one attached hydrogen (secondary N) is 1. The minimum Gasteiger partial charge on any atom is -0.466 e. The molecule has 140 valence electrons. The molecule has 1 heterocycles. The molecule has 7 nitrogen and oxygen atoms in total. The first-order valence-electron chi connectivity index (χ1n) is 7.51. The molecule has 0 saturated heterocycles. The molecule has 1 rings (SSSR count). The van der Waals surface area contributed by atoms with Crippen molar-refractivity contribution in [2.75, 3.05) is 11.9 Å². The first-order valence-corrected chi connectivity index (χ1v) is 7.89. The summed E-state index contributed by atoms with van der Waals surface area (Å²) in [5.74, 6) is -2.28. The Labute approximate surface area is 149 Å². The number of rotatable bonds is 6. The Balaban J connectivity index is 3.08. The highest BCUT2D eigenvalue weighted by Crippen LogP contribution is 2.30. The van der Waals surface area contributed by atoms with Crippen LogP contribution in [0.1, 0.15) is 45.6 Å². The van der Waals surface area contributed by atoms with E-state index in [9.17, 15) is 18.4 Å². The summed E-state index contributed by atoms with van der Waals surface area (Å²) in [6, 6.07) is 1.20. The average molecular weight is 380 g/mol. The summed E-state index contributed by atoms with van der Waals surface area (Å²) in [7, 11) is 0. The van der Waals surface area contributed by atoms with E-state index in [1.54, 1.807) is 27.7 Å². The van der Waals surface area contributed by atoms with E-state index in [-0.39, 0.29) is 23.1 Å². The van der Waals surface area contributed by atoms with Gasteiger partial charge in [0.2, 0.25) is 6.43 Å². The van der Waals surface area contributed by atoms with E-state index in [0.29, 0.717) is 0 Å². The second-order valence-corrected chi connectivity index (χ2v) is 6.39. The summed E-state index contributed by atoms with van der Waals surface area (Å²) in [5, 5.41) is 9.32. The lowest BCUT2D eigenvalue weighted by Gasteiger charge is -2.20. The number of esters is 1. The van der Waals surface area contributed by atoms with Gasteiger partial charge in [0, 0.05) is 12.0 Å². The number of amides is 1. The van der Waals surface area contributed by atoms with Crippen LogP contribution in [-0.4, -0.2) is 40.9 Å². The standard InChI is InChI=1S/C15H20ClF2N3O4/c1-5-24-13(22)9(6-10(17)18)8-7-11(20-21-12(8)16)19-14(23)25-15(2,3)4/h7,9-10H,5-6H2,1-4H3,(H,19,20,23). The van der Waals surface area contributed by atoms with Gasteiger partial charge in [0.05, 0.1) is 12.5 Å². The molecule has 0 radical (unpaired) electrons. The fraction of sp³-hybridized carbons (Fsp3) is 0.600. The molecule has 0 fully saturated rings. The minimum absolute atomic E-state index is 0.0125. The van der Waals surface area contributed by atoms with E-state index in [1.165, 1.54) is 6.07 Å². The third-order valence-electron chi connectivity index (χ3n) is 2.77. The highest BCUT2D eigenvalue weighted by Gasteiger charge is 2.29. The summed E-state index contributed by atoms with van der Waals surface area (Å²) in [4.78, 5) is 23.7. The van der Waals surface area contributed by atoms with Crippen molar-refractivity contribution in [3.05, 3.63) is 16.8 Å². The van der Waals surface area contributed by atoms with E-state index >= 15 is 0 Å². The van der Waals surface area contributed by atoms with E-state index in [0.717, 1.165) is 0 Å². The van der Waals surface area contributed by atoms with Crippen LogP contribution < -0.4 is 5.32 Å². The van der Waals surface area contributed by atoms with Crippen molar-refractivity contribution in [3.8, 4) is 0 Å². The van der Waals surface area contributed by atoms with Gasteiger partial charge in [-0.25, -0.2) is 13.6 Å². The Hall–Kier alpha value is -2.03. The van der Waals surface area contributed by atoms with Crippen molar-refractivity contribution in [2.24, 2.45) is 0 Å². The molecule has 0 bridgehead atoms. The second-order valence-electron chi connectivity index (χ2n) is 6.03. The largest absolute Gasteiger partial charge is 0.466 e. The maximum atomic E-state index is 12.8. The monoisotopic (exact) mass is 379 g/mol. The van der Waals surface area contributed by atoms with Crippen LogP contribution in [0.25, 0.3) is 0 Å². The molecule has 0 aliphatic carbocycles. The normalized spacial score (nSPS) is 12.6. The fourth-order valence-electron chi connectivity index (χ4n) is 1.88. The molecule has 1 N–H and O–H groups in total. The van der Waals surface area contributed by atoms with E-state index in [1.807, 2.05) is 0 Å². The van der Waals surface area contributed by atoms with Crippen LogP contribution in [-0.2, 0) is 14.3 Å². The predicted octanol–water partition coefficient (Wildman–Crippen LogP) is 3.78. The Morgan fingerprint density at radius 2 is 1.96 bits per heavy atom. The van der Waals surface area contributed by atoms with Gasteiger partial charge in [0.15, 0.2) is 11.0 Å². The van der Waals surface area contributed by atoms with Crippen LogP contribution in [0.15, 0.2) is 6.07 Å². The summed E-state index contributed by atoms with van der Waals surface area (Å²) in [5.41, 5.74) is -0.753. The van der Waals surface area contributed by atoms with Crippen LogP contribution in [0.4, 0.5) is 19.4 Å². The molecule has 10 heteroatoms. The number of carbonyl (C=O) groups excluding carboxylic acids is 2. The van der Waals surface area contributed by atoms with Gasteiger partial charge >= 0.3 is 12.1 Å². The van der Waals surface area contributed by atoms with Gasteiger partial charge in [0.1, 0.15) is 5.60 Å². The van der Waals surface area contributed by atoms with E-state index < -0.39 is 36.4 Å². The topological polar surface area (TPSA) is 90.4 Å². The minimum atomic E-state index is -2.76. The van der Waals surface area contributed by atoms with Gasteiger partial charge < -0.3 is 9.47 Å². The Morgan fingerprint density at radius 3 is 2.48 bits per heavy atom. The molecule has 1 unspecified atom stereocenters. The van der Waals surface area contributed by atoms with E-state index in [2.05, 4.69) is 15.5 Å². The molecule has 0 aromatic carbocycles. The SMILES string of the molecule is CCOC(=O)C(CC(F)F)c1cc(NC(=O)OC(C)(C)C)nnc1Cl. The van der Waals surface area contributed by atoms with Crippen LogP contribution in [0.3, 0.4) is 0 Å². The van der Waals surface area contributed by atoms with E-state index in [4.69, 9.17) is 21.1 Å². The maximum Gasteiger partial charge on any atom is 0.413 e. The zero-order valence-corrected chi connectivity index (χ0v) is 15.1. The molecule has 0 aliphatic heterocycles. The highest BCUT2D eigenvalue weighted by molar-refractivity contribution is 6.30. The molecule has 0 aliphatic rings. The molecule has 1 aromatic rings. The van der Waals surface area contributed by atoms with Crippen molar-refractivity contribution in [1.82, 2.24) is 10.2 Å². The number of halogens is 3. The number of ether oxygens (including phenoxy) is 2.